The van der Waals surface area contributed by atoms with E-state index < -0.39 is 17.5 Å². The van der Waals surface area contributed by atoms with Gasteiger partial charge in [-0.3, -0.25) is 0 Å². The van der Waals surface area contributed by atoms with Crippen molar-refractivity contribution in [3.8, 4) is 5.69 Å². The van der Waals surface area contributed by atoms with Gasteiger partial charge in [-0.05, 0) is 15.9 Å². The monoisotopic (exact) mass is 347 g/mol. The standard InChI is InChI=1S/C13H13BrF3N3/c1-13(2,3)11-10(14)12(18)20(19-11)9-5-7(16)6(15)4-8(9)17/h4-5H,18H2,1-3H3. The summed E-state index contributed by atoms with van der Waals surface area (Å²) in [6, 6.07) is 1.20. The molecule has 2 aromatic rings. The zero-order valence-electron chi connectivity index (χ0n) is 11.1. The molecule has 3 nitrogen and oxygen atoms in total. The van der Waals surface area contributed by atoms with E-state index in [2.05, 4.69) is 21.0 Å². The highest BCUT2D eigenvalue weighted by Crippen LogP contribution is 2.35. The Morgan fingerprint density at radius 1 is 1.10 bits per heavy atom. The van der Waals surface area contributed by atoms with Crippen LogP contribution in [0, 0.1) is 17.5 Å². The molecule has 1 aromatic carbocycles. The van der Waals surface area contributed by atoms with E-state index in [1.54, 1.807) is 0 Å². The van der Waals surface area contributed by atoms with Crippen molar-refractivity contribution in [3.63, 3.8) is 0 Å². The number of rotatable bonds is 1. The third kappa shape index (κ3) is 2.42. The topological polar surface area (TPSA) is 43.8 Å². The van der Waals surface area contributed by atoms with Crippen LogP contribution in [0.25, 0.3) is 5.69 Å². The van der Waals surface area contributed by atoms with Gasteiger partial charge in [0.1, 0.15) is 11.5 Å². The summed E-state index contributed by atoms with van der Waals surface area (Å²) < 4.78 is 41.6. The minimum absolute atomic E-state index is 0.125. The van der Waals surface area contributed by atoms with Gasteiger partial charge in [0.25, 0.3) is 0 Å². The van der Waals surface area contributed by atoms with Crippen LogP contribution in [0.4, 0.5) is 19.0 Å². The van der Waals surface area contributed by atoms with E-state index >= 15 is 0 Å². The molecule has 0 amide bonds. The number of benzene rings is 1. The lowest BCUT2D eigenvalue weighted by atomic mass is 9.92. The van der Waals surface area contributed by atoms with Gasteiger partial charge in [0.2, 0.25) is 0 Å². The Hall–Kier alpha value is -1.50. The van der Waals surface area contributed by atoms with Crippen molar-refractivity contribution in [2.75, 3.05) is 5.73 Å². The van der Waals surface area contributed by atoms with Gasteiger partial charge in [-0.15, -0.1) is 0 Å². The minimum Gasteiger partial charge on any atom is -0.383 e. The molecule has 0 atom stereocenters. The molecular formula is C13H13BrF3N3. The van der Waals surface area contributed by atoms with Crippen molar-refractivity contribution in [1.82, 2.24) is 9.78 Å². The molecule has 0 aliphatic rings. The van der Waals surface area contributed by atoms with E-state index in [1.165, 1.54) is 0 Å². The smallest absolute Gasteiger partial charge is 0.161 e. The molecule has 0 bridgehead atoms. The zero-order chi connectivity index (χ0) is 15.2. The van der Waals surface area contributed by atoms with Gasteiger partial charge in [-0.2, -0.15) is 5.10 Å². The maximum atomic E-state index is 13.8. The van der Waals surface area contributed by atoms with Gasteiger partial charge in [-0.25, -0.2) is 17.9 Å². The lowest BCUT2D eigenvalue weighted by Gasteiger charge is -2.15. The van der Waals surface area contributed by atoms with Crippen LogP contribution >= 0.6 is 15.9 Å². The summed E-state index contributed by atoms with van der Waals surface area (Å²) in [7, 11) is 0. The normalized spacial score (nSPS) is 11.9. The summed E-state index contributed by atoms with van der Waals surface area (Å²) in [4.78, 5) is 0. The van der Waals surface area contributed by atoms with Crippen molar-refractivity contribution in [1.29, 1.82) is 0 Å². The van der Waals surface area contributed by atoms with E-state index in [-0.39, 0.29) is 16.9 Å². The molecule has 0 radical (unpaired) electrons. The average Bonchev–Trinajstić information content (AvgIpc) is 2.61. The number of hydrogen-bond donors (Lipinski definition) is 1. The first-order chi connectivity index (χ1) is 9.12. The van der Waals surface area contributed by atoms with E-state index in [0.29, 0.717) is 16.2 Å². The van der Waals surface area contributed by atoms with Crippen LogP contribution in [0.5, 0.6) is 0 Å². The van der Waals surface area contributed by atoms with Crippen LogP contribution in [0.3, 0.4) is 0 Å². The molecule has 0 aliphatic heterocycles. The first-order valence-corrected chi connectivity index (χ1v) is 6.61. The molecule has 0 saturated carbocycles. The first-order valence-electron chi connectivity index (χ1n) is 5.82. The second kappa shape index (κ2) is 4.80. The number of nitrogens with two attached hydrogens (primary N) is 1. The number of nitrogens with zero attached hydrogens (tertiary/aromatic N) is 2. The fourth-order valence-electron chi connectivity index (χ4n) is 1.75. The fraction of sp³-hybridized carbons (Fsp3) is 0.308. The highest BCUT2D eigenvalue weighted by Gasteiger charge is 2.26. The number of anilines is 1. The van der Waals surface area contributed by atoms with Gasteiger partial charge in [0.05, 0.1) is 10.2 Å². The second-order valence-electron chi connectivity index (χ2n) is 5.43. The van der Waals surface area contributed by atoms with Crippen molar-refractivity contribution in [2.24, 2.45) is 0 Å². The molecule has 0 fully saturated rings. The van der Waals surface area contributed by atoms with Crippen molar-refractivity contribution >= 4 is 21.7 Å². The van der Waals surface area contributed by atoms with Gasteiger partial charge in [-0.1, -0.05) is 20.8 Å². The van der Waals surface area contributed by atoms with E-state index in [1.807, 2.05) is 20.8 Å². The average molecular weight is 348 g/mol. The lowest BCUT2D eigenvalue weighted by Crippen LogP contribution is -2.13. The van der Waals surface area contributed by atoms with Crippen LogP contribution in [0.2, 0.25) is 0 Å². The lowest BCUT2D eigenvalue weighted by molar-refractivity contribution is 0.490. The Bertz CT molecular complexity index is 674. The molecule has 0 unspecified atom stereocenters. The van der Waals surface area contributed by atoms with Crippen LogP contribution in [0.1, 0.15) is 26.5 Å². The summed E-state index contributed by atoms with van der Waals surface area (Å²) in [6.45, 7) is 5.72. The Labute approximate surface area is 122 Å². The van der Waals surface area contributed by atoms with Crippen molar-refractivity contribution in [2.45, 2.75) is 26.2 Å². The highest BCUT2D eigenvalue weighted by atomic mass is 79.9. The second-order valence-corrected chi connectivity index (χ2v) is 6.22. The Morgan fingerprint density at radius 2 is 1.65 bits per heavy atom. The summed E-state index contributed by atoms with van der Waals surface area (Å²) >= 11 is 3.29. The summed E-state index contributed by atoms with van der Waals surface area (Å²) in [5.74, 6) is -3.23. The van der Waals surface area contributed by atoms with Crippen LogP contribution in [-0.2, 0) is 5.41 Å². The Kier molecular flexibility index (Phi) is 3.58. The molecule has 2 N–H and O–H groups in total. The molecule has 1 aromatic heterocycles. The molecule has 0 aliphatic carbocycles. The molecule has 0 saturated heterocycles. The number of hydrogen-bond acceptors (Lipinski definition) is 2. The van der Waals surface area contributed by atoms with E-state index in [4.69, 9.17) is 5.73 Å². The molecule has 0 spiro atoms. The summed E-state index contributed by atoms with van der Waals surface area (Å²) in [5, 5.41) is 4.20. The number of aromatic nitrogens is 2. The van der Waals surface area contributed by atoms with Gasteiger partial charge in [0.15, 0.2) is 17.5 Å². The minimum atomic E-state index is -1.26. The SMILES string of the molecule is CC(C)(C)c1nn(-c2cc(F)c(F)cc2F)c(N)c1Br. The van der Waals surface area contributed by atoms with Crippen LogP contribution < -0.4 is 5.73 Å². The molecule has 20 heavy (non-hydrogen) atoms. The van der Waals surface area contributed by atoms with Crippen LogP contribution in [0.15, 0.2) is 16.6 Å². The predicted molar refractivity (Wildman–Crippen MR) is 74.3 cm³/mol. The maximum absolute atomic E-state index is 13.8. The van der Waals surface area contributed by atoms with Crippen LogP contribution in [-0.4, -0.2) is 9.78 Å². The molecular weight excluding hydrogens is 335 g/mol. The third-order valence-electron chi connectivity index (χ3n) is 2.79. The third-order valence-corrected chi connectivity index (χ3v) is 3.57. The number of halogens is 4. The summed E-state index contributed by atoms with van der Waals surface area (Å²) in [6.07, 6.45) is 0. The summed E-state index contributed by atoms with van der Waals surface area (Å²) in [5.41, 5.74) is 5.88. The van der Waals surface area contributed by atoms with Crippen molar-refractivity contribution in [3.05, 3.63) is 39.8 Å². The fourth-order valence-corrected chi connectivity index (χ4v) is 2.59. The molecule has 1 heterocycles. The quantitative estimate of drug-likeness (QED) is 0.794. The number of nitrogen functional groups attached to an aromatic ring is 1. The van der Waals surface area contributed by atoms with E-state index in [0.717, 1.165) is 10.7 Å². The Balaban J connectivity index is 2.69. The molecule has 7 heteroatoms. The largest absolute Gasteiger partial charge is 0.383 e. The van der Waals surface area contributed by atoms with Gasteiger partial charge < -0.3 is 5.73 Å². The Morgan fingerprint density at radius 3 is 2.15 bits per heavy atom. The molecule has 2 rings (SSSR count). The van der Waals surface area contributed by atoms with Gasteiger partial charge in [0, 0.05) is 17.5 Å². The van der Waals surface area contributed by atoms with Crippen molar-refractivity contribution < 1.29 is 13.2 Å². The molecule has 108 valence electrons. The van der Waals surface area contributed by atoms with Gasteiger partial charge >= 0.3 is 0 Å². The predicted octanol–water partition coefficient (Wildman–Crippen LogP) is 3.93. The highest BCUT2D eigenvalue weighted by molar-refractivity contribution is 9.10. The van der Waals surface area contributed by atoms with E-state index in [9.17, 15) is 13.2 Å². The maximum Gasteiger partial charge on any atom is 0.161 e. The first kappa shape index (κ1) is 14.9. The zero-order valence-corrected chi connectivity index (χ0v) is 12.7.